The molecule has 1 unspecified atom stereocenters. The van der Waals surface area contributed by atoms with Crippen LogP contribution < -0.4 is 5.32 Å². The second kappa shape index (κ2) is 8.63. The average Bonchev–Trinajstić information content (AvgIpc) is 2.88. The predicted molar refractivity (Wildman–Crippen MR) is 97.3 cm³/mol. The Morgan fingerprint density at radius 2 is 1.96 bits per heavy atom. The summed E-state index contributed by atoms with van der Waals surface area (Å²) in [4.78, 5) is 34.7. The number of aryl methyl sites for hydroxylation is 1. The summed E-state index contributed by atoms with van der Waals surface area (Å²) in [6, 6.07) is 6.07. The number of ether oxygens (including phenoxy) is 1. The van der Waals surface area contributed by atoms with Gasteiger partial charge in [-0.1, -0.05) is 23.7 Å². The van der Waals surface area contributed by atoms with E-state index in [1.165, 1.54) is 25.6 Å². The van der Waals surface area contributed by atoms with Gasteiger partial charge in [0.1, 0.15) is 17.9 Å². The Morgan fingerprint density at radius 3 is 2.48 bits per heavy atom. The number of hydrogen-bond donors (Lipinski definition) is 1. The summed E-state index contributed by atoms with van der Waals surface area (Å²) >= 11 is 5.88. The van der Waals surface area contributed by atoms with Crippen LogP contribution in [-0.4, -0.2) is 33.7 Å². The van der Waals surface area contributed by atoms with Crippen LogP contribution in [0.3, 0.4) is 0 Å². The summed E-state index contributed by atoms with van der Waals surface area (Å²) in [6.45, 7) is 2.82. The molecular formula is C17H19ClN4O5. The van der Waals surface area contributed by atoms with Crippen LogP contribution in [0, 0.1) is 24.0 Å². The largest absolute Gasteiger partial charge is 0.469 e. The highest BCUT2D eigenvalue weighted by Crippen LogP contribution is 2.23. The Labute approximate surface area is 160 Å². The molecule has 0 spiro atoms. The lowest BCUT2D eigenvalue weighted by atomic mass is 10.0. The number of rotatable bonds is 7. The van der Waals surface area contributed by atoms with Crippen molar-refractivity contribution in [1.82, 2.24) is 15.1 Å². The van der Waals surface area contributed by atoms with Crippen LogP contribution >= 0.6 is 11.6 Å². The Kier molecular flexibility index (Phi) is 6.51. The Bertz CT molecular complexity index is 863. The van der Waals surface area contributed by atoms with E-state index in [4.69, 9.17) is 11.6 Å². The fourth-order valence-corrected chi connectivity index (χ4v) is 2.80. The van der Waals surface area contributed by atoms with Gasteiger partial charge in [-0.15, -0.1) is 0 Å². The van der Waals surface area contributed by atoms with E-state index in [2.05, 4.69) is 15.2 Å². The van der Waals surface area contributed by atoms with Crippen molar-refractivity contribution in [2.45, 2.75) is 32.9 Å². The molecule has 10 heteroatoms. The van der Waals surface area contributed by atoms with Crippen LogP contribution in [-0.2, 0) is 20.9 Å². The second-order valence-corrected chi connectivity index (χ2v) is 6.32. The molecule has 1 aromatic carbocycles. The summed E-state index contributed by atoms with van der Waals surface area (Å²) in [6.07, 6.45) is -0.0683. The Balaban J connectivity index is 2.18. The van der Waals surface area contributed by atoms with Gasteiger partial charge < -0.3 is 10.1 Å². The van der Waals surface area contributed by atoms with E-state index in [1.807, 2.05) is 0 Å². The molecule has 1 N–H and O–H groups in total. The number of halogens is 1. The van der Waals surface area contributed by atoms with Crippen LogP contribution in [0.4, 0.5) is 5.69 Å². The molecule has 0 bridgehead atoms. The first-order valence-corrected chi connectivity index (χ1v) is 8.40. The molecule has 0 aliphatic carbocycles. The van der Waals surface area contributed by atoms with Crippen LogP contribution in [0.5, 0.6) is 0 Å². The van der Waals surface area contributed by atoms with Crippen LogP contribution in [0.15, 0.2) is 24.3 Å². The molecule has 2 rings (SSSR count). The summed E-state index contributed by atoms with van der Waals surface area (Å²) in [5.74, 6) is -0.934. The first-order chi connectivity index (χ1) is 12.7. The topological polar surface area (TPSA) is 116 Å². The number of nitro groups is 1. The van der Waals surface area contributed by atoms with E-state index in [0.29, 0.717) is 10.6 Å². The quantitative estimate of drug-likeness (QED) is 0.438. The number of carbonyl (C=O) groups is 2. The number of nitrogens with zero attached hydrogens (tertiary/aromatic N) is 3. The number of nitrogens with one attached hydrogen (secondary N) is 1. The SMILES string of the molecule is COC(=O)CC(NC(=O)Cn1nc(C)c([N+](=O)[O-])c1C)c1ccc(Cl)cc1. The van der Waals surface area contributed by atoms with Gasteiger partial charge in [0.2, 0.25) is 5.91 Å². The van der Waals surface area contributed by atoms with Gasteiger partial charge >= 0.3 is 11.7 Å². The van der Waals surface area contributed by atoms with Crippen molar-refractivity contribution in [3.63, 3.8) is 0 Å². The highest BCUT2D eigenvalue weighted by Gasteiger charge is 2.24. The number of carbonyl (C=O) groups excluding carboxylic acids is 2. The molecule has 0 saturated carbocycles. The molecule has 27 heavy (non-hydrogen) atoms. The van der Waals surface area contributed by atoms with Crippen LogP contribution in [0.1, 0.15) is 29.4 Å². The maximum atomic E-state index is 12.5. The van der Waals surface area contributed by atoms with Crippen LogP contribution in [0.25, 0.3) is 0 Å². The molecule has 1 heterocycles. The first-order valence-electron chi connectivity index (χ1n) is 8.03. The van der Waals surface area contributed by atoms with E-state index in [9.17, 15) is 19.7 Å². The smallest absolute Gasteiger partial charge is 0.312 e. The zero-order valence-corrected chi connectivity index (χ0v) is 15.8. The van der Waals surface area contributed by atoms with Crippen molar-refractivity contribution < 1.29 is 19.2 Å². The molecule has 144 valence electrons. The highest BCUT2D eigenvalue weighted by molar-refractivity contribution is 6.30. The standard InChI is InChI=1S/C17H19ClN4O5/c1-10-17(22(25)26)11(2)21(20-10)9-15(23)19-14(8-16(24)27-3)12-4-6-13(18)7-5-12/h4-7,14H,8-9H2,1-3H3,(H,19,23). The zero-order chi connectivity index (χ0) is 20.1. The Morgan fingerprint density at radius 1 is 1.33 bits per heavy atom. The number of benzene rings is 1. The van der Waals surface area contributed by atoms with E-state index >= 15 is 0 Å². The molecule has 9 nitrogen and oxygen atoms in total. The van der Waals surface area contributed by atoms with Gasteiger partial charge in [-0.05, 0) is 31.5 Å². The monoisotopic (exact) mass is 394 g/mol. The number of aromatic nitrogens is 2. The minimum atomic E-state index is -0.630. The lowest BCUT2D eigenvalue weighted by molar-refractivity contribution is -0.386. The van der Waals surface area contributed by atoms with Gasteiger partial charge in [0.25, 0.3) is 0 Å². The van der Waals surface area contributed by atoms with E-state index in [-0.39, 0.29) is 30.0 Å². The molecule has 1 amide bonds. The third-order valence-electron chi connectivity index (χ3n) is 4.03. The van der Waals surface area contributed by atoms with Crippen molar-refractivity contribution in [2.24, 2.45) is 0 Å². The van der Waals surface area contributed by atoms with Gasteiger partial charge in [-0.3, -0.25) is 24.4 Å². The lowest BCUT2D eigenvalue weighted by Crippen LogP contribution is -2.33. The van der Waals surface area contributed by atoms with Crippen molar-refractivity contribution >= 4 is 29.2 Å². The number of esters is 1. The average molecular weight is 395 g/mol. The lowest BCUT2D eigenvalue weighted by Gasteiger charge is -2.18. The van der Waals surface area contributed by atoms with Crippen molar-refractivity contribution in [2.75, 3.05) is 7.11 Å². The minimum Gasteiger partial charge on any atom is -0.469 e. The third kappa shape index (κ3) is 5.04. The molecular weight excluding hydrogens is 376 g/mol. The predicted octanol–water partition coefficient (Wildman–Crippen LogP) is 2.48. The van der Waals surface area contributed by atoms with Gasteiger partial charge in [0.05, 0.1) is 24.5 Å². The maximum Gasteiger partial charge on any atom is 0.312 e. The normalized spacial score (nSPS) is 11.7. The fraction of sp³-hybridized carbons (Fsp3) is 0.353. The van der Waals surface area contributed by atoms with E-state index in [0.717, 1.165) is 0 Å². The summed E-state index contributed by atoms with van der Waals surface area (Å²) < 4.78 is 5.95. The number of hydrogen-bond acceptors (Lipinski definition) is 6. The molecule has 0 fully saturated rings. The maximum absolute atomic E-state index is 12.5. The van der Waals surface area contributed by atoms with Crippen LogP contribution in [0.2, 0.25) is 5.02 Å². The molecule has 2 aromatic rings. The van der Waals surface area contributed by atoms with Gasteiger partial charge in [-0.2, -0.15) is 5.10 Å². The van der Waals surface area contributed by atoms with Crippen molar-refractivity contribution in [3.05, 3.63) is 56.4 Å². The summed E-state index contributed by atoms with van der Waals surface area (Å²) in [5.41, 5.74) is 1.07. The summed E-state index contributed by atoms with van der Waals surface area (Å²) in [5, 5.41) is 18.4. The second-order valence-electron chi connectivity index (χ2n) is 5.89. The highest BCUT2D eigenvalue weighted by atomic mass is 35.5. The zero-order valence-electron chi connectivity index (χ0n) is 15.1. The van der Waals surface area contributed by atoms with Gasteiger partial charge in [-0.25, -0.2) is 0 Å². The molecule has 0 saturated heterocycles. The third-order valence-corrected chi connectivity index (χ3v) is 4.28. The fourth-order valence-electron chi connectivity index (χ4n) is 2.68. The first kappa shape index (κ1) is 20.4. The minimum absolute atomic E-state index is 0.0683. The molecule has 0 aliphatic heterocycles. The molecule has 0 aliphatic rings. The van der Waals surface area contributed by atoms with Crippen molar-refractivity contribution in [3.8, 4) is 0 Å². The summed E-state index contributed by atoms with van der Waals surface area (Å²) in [7, 11) is 1.26. The number of methoxy groups -OCH3 is 1. The van der Waals surface area contributed by atoms with Gasteiger partial charge in [0, 0.05) is 5.02 Å². The molecule has 0 radical (unpaired) electrons. The van der Waals surface area contributed by atoms with Gasteiger partial charge in [0.15, 0.2) is 0 Å². The van der Waals surface area contributed by atoms with E-state index < -0.39 is 22.8 Å². The Hall–Kier alpha value is -2.94. The molecule has 1 aromatic heterocycles. The molecule has 1 atom stereocenters. The van der Waals surface area contributed by atoms with Crippen molar-refractivity contribution in [1.29, 1.82) is 0 Å². The number of amides is 1. The van der Waals surface area contributed by atoms with E-state index in [1.54, 1.807) is 24.3 Å².